The minimum atomic E-state index is -1.77. The SMILES string of the molecule is CCOC(C)(OC(C)N(Br)C(C)=O)C(=O)O. The minimum absolute atomic E-state index is 0.192. The summed E-state index contributed by atoms with van der Waals surface area (Å²) in [6.07, 6.45) is -0.759. The Balaban J connectivity index is 4.64. The fraction of sp³-hybridized carbons (Fsp3) is 0.778. The molecular formula is C9H16BrNO5. The van der Waals surface area contributed by atoms with Crippen LogP contribution in [0.1, 0.15) is 27.7 Å². The lowest BCUT2D eigenvalue weighted by Gasteiger charge is -2.31. The van der Waals surface area contributed by atoms with Crippen molar-refractivity contribution in [3.8, 4) is 0 Å². The smallest absolute Gasteiger partial charge is 0.364 e. The molecule has 0 aliphatic heterocycles. The zero-order chi connectivity index (χ0) is 12.9. The van der Waals surface area contributed by atoms with E-state index in [2.05, 4.69) is 16.1 Å². The Bertz CT molecular complexity index is 273. The number of carbonyl (C=O) groups is 2. The molecule has 0 heterocycles. The van der Waals surface area contributed by atoms with Gasteiger partial charge in [-0.2, -0.15) is 0 Å². The van der Waals surface area contributed by atoms with Crippen LogP contribution in [0, 0.1) is 0 Å². The lowest BCUT2D eigenvalue weighted by Crippen LogP contribution is -2.47. The van der Waals surface area contributed by atoms with Crippen molar-refractivity contribution >= 4 is 28.0 Å². The third-order valence-electron chi connectivity index (χ3n) is 1.82. The maximum absolute atomic E-state index is 11.0. The summed E-state index contributed by atoms with van der Waals surface area (Å²) < 4.78 is 11.3. The Labute approximate surface area is 103 Å². The Morgan fingerprint density at radius 3 is 2.38 bits per heavy atom. The summed E-state index contributed by atoms with van der Waals surface area (Å²) in [5.74, 6) is -3.31. The molecule has 1 N–H and O–H groups in total. The van der Waals surface area contributed by atoms with E-state index in [4.69, 9.17) is 14.6 Å². The van der Waals surface area contributed by atoms with Gasteiger partial charge in [-0.25, -0.2) is 4.79 Å². The number of hydrogen-bond acceptors (Lipinski definition) is 4. The number of carboxylic acids is 1. The van der Waals surface area contributed by atoms with Gasteiger partial charge in [0.2, 0.25) is 5.91 Å². The van der Waals surface area contributed by atoms with Crippen LogP contribution in [0.2, 0.25) is 0 Å². The van der Waals surface area contributed by atoms with Gasteiger partial charge < -0.3 is 14.6 Å². The highest BCUT2D eigenvalue weighted by Gasteiger charge is 2.38. The Kier molecular flexibility index (Phi) is 5.91. The zero-order valence-corrected chi connectivity index (χ0v) is 11.3. The number of nitrogens with zero attached hydrogens (tertiary/aromatic N) is 1. The topological polar surface area (TPSA) is 76.1 Å². The molecule has 0 saturated carbocycles. The van der Waals surface area contributed by atoms with Crippen molar-refractivity contribution < 1.29 is 24.2 Å². The van der Waals surface area contributed by atoms with E-state index in [-0.39, 0.29) is 12.5 Å². The molecule has 0 rings (SSSR count). The third-order valence-corrected chi connectivity index (χ3v) is 2.90. The van der Waals surface area contributed by atoms with Gasteiger partial charge in [-0.1, -0.05) is 0 Å². The van der Waals surface area contributed by atoms with Gasteiger partial charge in [0.05, 0.1) is 16.1 Å². The van der Waals surface area contributed by atoms with Crippen molar-refractivity contribution in [2.75, 3.05) is 6.61 Å². The molecule has 7 heteroatoms. The summed E-state index contributed by atoms with van der Waals surface area (Å²) >= 11 is 2.97. The molecule has 0 saturated heterocycles. The van der Waals surface area contributed by atoms with Gasteiger partial charge in [0, 0.05) is 20.5 Å². The van der Waals surface area contributed by atoms with Crippen LogP contribution in [0.15, 0.2) is 0 Å². The van der Waals surface area contributed by atoms with Gasteiger partial charge in [-0.05, 0) is 13.8 Å². The first-order chi connectivity index (χ1) is 7.24. The Morgan fingerprint density at radius 2 is 2.06 bits per heavy atom. The number of ether oxygens (including phenoxy) is 2. The van der Waals surface area contributed by atoms with E-state index in [0.29, 0.717) is 0 Å². The lowest BCUT2D eigenvalue weighted by atomic mass is 10.3. The van der Waals surface area contributed by atoms with Crippen LogP contribution in [0.4, 0.5) is 0 Å². The van der Waals surface area contributed by atoms with Crippen molar-refractivity contribution in [2.24, 2.45) is 0 Å². The first-order valence-corrected chi connectivity index (χ1v) is 5.46. The number of carboxylic acid groups (broad SMARTS) is 1. The van der Waals surface area contributed by atoms with Gasteiger partial charge in [-0.15, -0.1) is 0 Å². The molecule has 0 aromatic rings. The minimum Gasteiger partial charge on any atom is -0.477 e. The van der Waals surface area contributed by atoms with E-state index in [1.807, 2.05) is 0 Å². The van der Waals surface area contributed by atoms with Gasteiger partial charge >= 0.3 is 5.97 Å². The van der Waals surface area contributed by atoms with Crippen LogP contribution in [0.5, 0.6) is 0 Å². The maximum atomic E-state index is 11.0. The van der Waals surface area contributed by atoms with Crippen LogP contribution in [0.3, 0.4) is 0 Å². The summed E-state index contributed by atoms with van der Waals surface area (Å²) in [5, 5.41) is 8.96. The zero-order valence-electron chi connectivity index (χ0n) is 9.69. The monoisotopic (exact) mass is 297 g/mol. The fourth-order valence-corrected chi connectivity index (χ4v) is 1.13. The molecule has 2 unspecified atom stereocenters. The maximum Gasteiger partial charge on any atom is 0.364 e. The van der Waals surface area contributed by atoms with Crippen molar-refractivity contribution in [1.29, 1.82) is 0 Å². The molecule has 0 fully saturated rings. The largest absolute Gasteiger partial charge is 0.477 e. The molecule has 0 aliphatic rings. The average Bonchev–Trinajstić information content (AvgIpc) is 2.16. The van der Waals surface area contributed by atoms with E-state index in [0.717, 1.165) is 3.93 Å². The number of amides is 1. The number of rotatable bonds is 6. The number of hydrogen-bond donors (Lipinski definition) is 1. The summed E-state index contributed by atoms with van der Waals surface area (Å²) in [6, 6.07) is 0. The molecule has 1 amide bonds. The molecule has 0 aliphatic carbocycles. The predicted octanol–water partition coefficient (Wildman–Crippen LogP) is 1.34. The summed E-state index contributed by atoms with van der Waals surface area (Å²) in [4.78, 5) is 22.0. The molecule has 16 heavy (non-hydrogen) atoms. The number of halogens is 1. The summed E-state index contributed by atoms with van der Waals surface area (Å²) in [5.41, 5.74) is 0. The van der Waals surface area contributed by atoms with Crippen molar-refractivity contribution in [2.45, 2.75) is 39.7 Å². The standard InChI is InChI=1S/C9H16BrNO5/c1-5-15-9(4,8(13)14)16-7(3)11(10)6(2)12/h7H,5H2,1-4H3,(H,13,14). The summed E-state index contributed by atoms with van der Waals surface area (Å²) in [7, 11) is 0. The van der Waals surface area contributed by atoms with Crippen LogP contribution >= 0.6 is 16.1 Å². The second-order valence-electron chi connectivity index (χ2n) is 3.23. The van der Waals surface area contributed by atoms with Crippen molar-refractivity contribution in [1.82, 2.24) is 3.93 Å². The normalized spacial score (nSPS) is 16.3. The van der Waals surface area contributed by atoms with Crippen molar-refractivity contribution in [3.05, 3.63) is 0 Å². The number of carbonyl (C=O) groups excluding carboxylic acids is 1. The molecule has 0 aromatic carbocycles. The summed E-state index contributed by atoms with van der Waals surface area (Å²) in [6.45, 7) is 6.00. The van der Waals surface area contributed by atoms with Crippen LogP contribution < -0.4 is 0 Å². The van der Waals surface area contributed by atoms with E-state index in [1.54, 1.807) is 6.92 Å². The molecule has 0 aromatic heterocycles. The molecule has 0 bridgehead atoms. The first-order valence-electron chi connectivity index (χ1n) is 4.75. The molecule has 2 atom stereocenters. The molecule has 0 spiro atoms. The molecule has 6 nitrogen and oxygen atoms in total. The van der Waals surface area contributed by atoms with Crippen LogP contribution in [0.25, 0.3) is 0 Å². The highest BCUT2D eigenvalue weighted by atomic mass is 79.9. The van der Waals surface area contributed by atoms with Gasteiger partial charge in [0.25, 0.3) is 5.79 Å². The lowest BCUT2D eigenvalue weighted by molar-refractivity contribution is -0.258. The molecule has 0 radical (unpaired) electrons. The highest BCUT2D eigenvalue weighted by molar-refractivity contribution is 9.07. The Hall–Kier alpha value is -0.660. The van der Waals surface area contributed by atoms with Crippen LogP contribution in [-0.2, 0) is 19.1 Å². The molecular weight excluding hydrogens is 282 g/mol. The molecule has 94 valence electrons. The van der Waals surface area contributed by atoms with Gasteiger partial charge in [-0.3, -0.25) is 8.72 Å². The first kappa shape index (κ1) is 15.3. The predicted molar refractivity (Wildman–Crippen MR) is 59.7 cm³/mol. The van der Waals surface area contributed by atoms with E-state index in [1.165, 1.54) is 20.8 Å². The third kappa shape index (κ3) is 4.07. The number of aliphatic carboxylic acids is 1. The van der Waals surface area contributed by atoms with Crippen LogP contribution in [-0.4, -0.2) is 39.5 Å². The quantitative estimate of drug-likeness (QED) is 0.591. The van der Waals surface area contributed by atoms with E-state index >= 15 is 0 Å². The fourth-order valence-electron chi connectivity index (χ4n) is 1.05. The highest BCUT2D eigenvalue weighted by Crippen LogP contribution is 2.19. The second kappa shape index (κ2) is 6.17. The van der Waals surface area contributed by atoms with E-state index < -0.39 is 18.0 Å². The van der Waals surface area contributed by atoms with E-state index in [9.17, 15) is 9.59 Å². The van der Waals surface area contributed by atoms with Gasteiger partial charge in [0.1, 0.15) is 6.23 Å². The Morgan fingerprint density at radius 1 is 1.56 bits per heavy atom. The van der Waals surface area contributed by atoms with Gasteiger partial charge in [0.15, 0.2) is 0 Å². The second-order valence-corrected chi connectivity index (χ2v) is 4.00. The van der Waals surface area contributed by atoms with Crippen molar-refractivity contribution in [3.63, 3.8) is 0 Å². The average molecular weight is 298 g/mol.